The number of ether oxygens (including phenoxy) is 4. The van der Waals surface area contributed by atoms with Crippen LogP contribution in [0.2, 0.25) is 0 Å². The lowest BCUT2D eigenvalue weighted by molar-refractivity contribution is 0.0843. The van der Waals surface area contributed by atoms with Crippen molar-refractivity contribution in [3.05, 3.63) is 35.9 Å². The Kier molecular flexibility index (Phi) is 7.28. The molecule has 0 unspecified atom stereocenters. The fourth-order valence-electron chi connectivity index (χ4n) is 4.73. The molecule has 7 nitrogen and oxygen atoms in total. The molecule has 0 spiro atoms. The summed E-state index contributed by atoms with van der Waals surface area (Å²) < 4.78 is 25.0. The number of nitrogens with zero attached hydrogens (tertiary/aromatic N) is 3. The summed E-state index contributed by atoms with van der Waals surface area (Å²) in [6, 6.07) is 10.7. The second kappa shape index (κ2) is 10.3. The van der Waals surface area contributed by atoms with Crippen LogP contribution in [-0.4, -0.2) is 56.7 Å². The van der Waals surface area contributed by atoms with Crippen LogP contribution in [0, 0.1) is 6.92 Å². The molecule has 0 amide bonds. The van der Waals surface area contributed by atoms with E-state index in [1.54, 1.807) is 21.3 Å². The Bertz CT molecular complexity index is 1060. The predicted molar refractivity (Wildman–Crippen MR) is 131 cm³/mol. The maximum atomic E-state index is 5.84. The van der Waals surface area contributed by atoms with Crippen molar-refractivity contribution in [2.45, 2.75) is 45.6 Å². The summed E-state index contributed by atoms with van der Waals surface area (Å²) in [6.45, 7) is 6.80. The second-order valence-corrected chi connectivity index (χ2v) is 8.50. The second-order valence-electron chi connectivity index (χ2n) is 8.50. The molecule has 1 saturated heterocycles. The van der Waals surface area contributed by atoms with Gasteiger partial charge < -0.3 is 23.8 Å². The minimum Gasteiger partial charge on any atom is -0.496 e. The minimum absolute atomic E-state index is 0.402. The highest BCUT2D eigenvalue weighted by Gasteiger charge is 2.29. The smallest absolute Gasteiger partial charge is 0.257 e. The Hall–Kier alpha value is -2.93. The molecule has 3 heterocycles. The summed E-state index contributed by atoms with van der Waals surface area (Å²) in [5, 5.41) is 4.91. The van der Waals surface area contributed by atoms with Gasteiger partial charge >= 0.3 is 0 Å². The van der Waals surface area contributed by atoms with Gasteiger partial charge in [-0.05, 0) is 56.0 Å². The number of aryl methyl sites for hydroxylation is 1. The Morgan fingerprint density at radius 2 is 1.76 bits per heavy atom. The highest BCUT2D eigenvalue weighted by Crippen LogP contribution is 2.43. The van der Waals surface area contributed by atoms with Crippen LogP contribution in [0.5, 0.6) is 17.4 Å². The summed E-state index contributed by atoms with van der Waals surface area (Å²) in [5.74, 6) is 2.14. The van der Waals surface area contributed by atoms with Crippen molar-refractivity contribution < 1.29 is 18.9 Å². The molecule has 33 heavy (non-hydrogen) atoms. The third-order valence-electron chi connectivity index (χ3n) is 6.37. The van der Waals surface area contributed by atoms with Gasteiger partial charge in [0.25, 0.3) is 5.88 Å². The van der Waals surface area contributed by atoms with E-state index in [0.29, 0.717) is 11.9 Å². The van der Waals surface area contributed by atoms with Gasteiger partial charge in [-0.2, -0.15) is 0 Å². The van der Waals surface area contributed by atoms with E-state index < -0.39 is 0 Å². The number of benzene rings is 1. The lowest BCUT2D eigenvalue weighted by Gasteiger charge is -2.35. The highest BCUT2D eigenvalue weighted by atomic mass is 16.5. The number of aromatic nitrogens is 2. The maximum Gasteiger partial charge on any atom is 0.257 e. The van der Waals surface area contributed by atoms with Crippen LogP contribution in [0.15, 0.2) is 30.3 Å². The molecular formula is C26H35N3O4. The molecule has 1 fully saturated rings. The van der Waals surface area contributed by atoms with Gasteiger partial charge in [-0.3, -0.25) is 0 Å². The molecule has 1 aromatic carbocycles. The largest absolute Gasteiger partial charge is 0.496 e. The van der Waals surface area contributed by atoms with Gasteiger partial charge in [-0.25, -0.2) is 4.52 Å². The molecule has 0 N–H and O–H groups in total. The molecule has 4 rings (SSSR count). The third kappa shape index (κ3) is 4.47. The normalized spacial score (nSPS) is 14.5. The van der Waals surface area contributed by atoms with Crippen molar-refractivity contribution >= 4 is 11.2 Å². The Labute approximate surface area is 196 Å². The van der Waals surface area contributed by atoms with Crippen LogP contribution >= 0.6 is 0 Å². The van der Waals surface area contributed by atoms with Gasteiger partial charge in [0, 0.05) is 25.8 Å². The van der Waals surface area contributed by atoms with Crippen molar-refractivity contribution in [3.63, 3.8) is 0 Å². The fraction of sp³-hybridized carbons (Fsp3) is 0.500. The van der Waals surface area contributed by atoms with Crippen LogP contribution in [-0.2, 0) is 4.74 Å². The average molecular weight is 454 g/mol. The number of anilines is 1. The number of fused-ring (bicyclic) bond motifs is 1. The topological polar surface area (TPSA) is 57.5 Å². The van der Waals surface area contributed by atoms with Gasteiger partial charge in [0.15, 0.2) is 0 Å². The zero-order chi connectivity index (χ0) is 23.4. The van der Waals surface area contributed by atoms with Gasteiger partial charge in [-0.15, -0.1) is 5.10 Å². The van der Waals surface area contributed by atoms with Crippen LogP contribution < -0.4 is 19.1 Å². The van der Waals surface area contributed by atoms with Crippen molar-refractivity contribution in [1.82, 2.24) is 9.61 Å². The number of hydrogen-bond acceptors (Lipinski definition) is 6. The summed E-state index contributed by atoms with van der Waals surface area (Å²) in [6.07, 6.45) is 4.24. The molecule has 0 aliphatic carbocycles. The van der Waals surface area contributed by atoms with Gasteiger partial charge in [0.1, 0.15) is 17.2 Å². The van der Waals surface area contributed by atoms with Gasteiger partial charge in [0.2, 0.25) is 0 Å². The van der Waals surface area contributed by atoms with Gasteiger partial charge in [-0.1, -0.05) is 19.4 Å². The molecule has 178 valence electrons. The summed E-state index contributed by atoms with van der Waals surface area (Å²) >= 11 is 0. The van der Waals surface area contributed by atoms with E-state index in [1.165, 1.54) is 0 Å². The van der Waals surface area contributed by atoms with Crippen molar-refractivity contribution in [2.24, 2.45) is 0 Å². The first-order chi connectivity index (χ1) is 16.1. The number of pyridine rings is 1. The zero-order valence-corrected chi connectivity index (χ0v) is 20.4. The number of rotatable bonds is 9. The molecule has 7 heteroatoms. The first-order valence-corrected chi connectivity index (χ1v) is 11.8. The molecule has 0 bridgehead atoms. The molecule has 0 radical (unpaired) electrons. The molecule has 3 aromatic rings. The molecule has 1 aliphatic rings. The summed E-state index contributed by atoms with van der Waals surface area (Å²) in [7, 11) is 5.06. The van der Waals surface area contributed by atoms with Gasteiger partial charge in [0.05, 0.1) is 38.1 Å². The SMILES string of the molecule is CCCCN(c1c(OC)nn2c(-c3c(OC)cc(C)cc3OC)cccc12)C1CCOCC1. The average Bonchev–Trinajstić information content (AvgIpc) is 3.23. The molecule has 0 atom stereocenters. The first kappa shape index (κ1) is 23.2. The van der Waals surface area contributed by atoms with E-state index >= 15 is 0 Å². The fourth-order valence-corrected chi connectivity index (χ4v) is 4.73. The number of hydrogen-bond donors (Lipinski definition) is 0. The summed E-state index contributed by atoms with van der Waals surface area (Å²) in [4.78, 5) is 2.49. The molecule has 0 saturated carbocycles. The van der Waals surface area contributed by atoms with E-state index in [4.69, 9.17) is 24.0 Å². The maximum absolute atomic E-state index is 5.84. The predicted octanol–water partition coefficient (Wildman–Crippen LogP) is 5.12. The Balaban J connectivity index is 1.92. The lowest BCUT2D eigenvalue weighted by atomic mass is 10.0. The first-order valence-electron chi connectivity index (χ1n) is 11.8. The van der Waals surface area contributed by atoms with E-state index in [1.807, 2.05) is 29.6 Å². The standard InChI is InChI=1S/C26H35N3O4/c1-6-7-13-28(19-11-14-33-15-12-19)25-21-10-8-9-20(29(21)27-26(25)32-5)24-22(30-3)16-18(2)17-23(24)31-4/h8-10,16-17,19H,6-7,11-15H2,1-5H3. The van der Waals surface area contributed by atoms with E-state index in [2.05, 4.69) is 24.0 Å². The van der Waals surface area contributed by atoms with E-state index in [9.17, 15) is 0 Å². The van der Waals surface area contributed by atoms with E-state index in [0.717, 1.165) is 85.0 Å². The Morgan fingerprint density at radius 1 is 1.06 bits per heavy atom. The highest BCUT2D eigenvalue weighted by molar-refractivity contribution is 5.84. The van der Waals surface area contributed by atoms with E-state index in [-0.39, 0.29) is 0 Å². The number of methoxy groups -OCH3 is 3. The third-order valence-corrected chi connectivity index (χ3v) is 6.37. The quantitative estimate of drug-likeness (QED) is 0.448. The van der Waals surface area contributed by atoms with Crippen molar-refractivity contribution in [1.29, 1.82) is 0 Å². The lowest BCUT2D eigenvalue weighted by Crippen LogP contribution is -2.40. The molecular weight excluding hydrogens is 418 g/mol. The van der Waals surface area contributed by atoms with Crippen LogP contribution in [0.1, 0.15) is 38.2 Å². The monoisotopic (exact) mass is 453 g/mol. The van der Waals surface area contributed by atoms with Crippen molar-refractivity contribution in [3.8, 4) is 28.6 Å². The molecule has 1 aliphatic heterocycles. The van der Waals surface area contributed by atoms with Crippen LogP contribution in [0.25, 0.3) is 16.8 Å². The number of unbranched alkanes of at least 4 members (excludes halogenated alkanes) is 1. The Morgan fingerprint density at radius 3 is 2.36 bits per heavy atom. The molecule has 2 aromatic heterocycles. The zero-order valence-electron chi connectivity index (χ0n) is 20.4. The van der Waals surface area contributed by atoms with Crippen LogP contribution in [0.3, 0.4) is 0 Å². The van der Waals surface area contributed by atoms with Crippen LogP contribution in [0.4, 0.5) is 5.69 Å². The van der Waals surface area contributed by atoms with Crippen molar-refractivity contribution in [2.75, 3.05) is 46.0 Å². The summed E-state index contributed by atoms with van der Waals surface area (Å²) in [5.41, 5.74) is 4.90. The minimum atomic E-state index is 0.402.